The van der Waals surface area contributed by atoms with Gasteiger partial charge in [-0.1, -0.05) is 13.0 Å². The Bertz CT molecular complexity index is 729. The number of hydrogen-bond acceptors (Lipinski definition) is 3. The van der Waals surface area contributed by atoms with Crippen LogP contribution in [0.15, 0.2) is 24.4 Å². The van der Waals surface area contributed by atoms with Crippen molar-refractivity contribution < 1.29 is 18.3 Å². The van der Waals surface area contributed by atoms with Crippen LogP contribution in [0.1, 0.15) is 48.3 Å². The molecule has 130 valence electrons. The molecule has 1 atom stereocenters. The normalized spacial score (nSPS) is 12.3. The Morgan fingerprint density at radius 3 is 2.75 bits per heavy atom. The number of anilines is 1. The minimum Gasteiger partial charge on any atom is -0.490 e. The molecule has 0 saturated heterocycles. The summed E-state index contributed by atoms with van der Waals surface area (Å²) in [5.74, 6) is 0.0320. The topological polar surface area (TPSA) is 56.1 Å². The van der Waals surface area contributed by atoms with Crippen LogP contribution in [0, 0.1) is 6.92 Å². The fourth-order valence-electron chi connectivity index (χ4n) is 2.21. The van der Waals surface area contributed by atoms with Gasteiger partial charge in [-0.15, -0.1) is 0 Å². The highest BCUT2D eigenvalue weighted by Gasteiger charge is 2.23. The highest BCUT2D eigenvalue weighted by atomic mass is 19.3. The molecular weight excluding hydrogens is 316 g/mol. The number of alkyl halides is 2. The second-order valence-electron chi connectivity index (χ2n) is 5.62. The van der Waals surface area contributed by atoms with Crippen molar-refractivity contribution in [2.45, 2.75) is 39.7 Å². The Labute approximate surface area is 139 Å². The van der Waals surface area contributed by atoms with Crippen molar-refractivity contribution in [3.05, 3.63) is 41.2 Å². The molecule has 2 aromatic rings. The van der Waals surface area contributed by atoms with E-state index >= 15 is 0 Å². The van der Waals surface area contributed by atoms with Gasteiger partial charge in [-0.2, -0.15) is 5.10 Å². The second kappa shape index (κ2) is 7.42. The molecule has 0 fully saturated rings. The van der Waals surface area contributed by atoms with E-state index in [0.717, 1.165) is 12.0 Å². The third-order valence-electron chi connectivity index (χ3n) is 3.74. The van der Waals surface area contributed by atoms with Crippen LogP contribution < -0.4 is 10.1 Å². The number of halogens is 2. The average Bonchev–Trinajstić information content (AvgIpc) is 2.93. The van der Waals surface area contributed by atoms with E-state index in [-0.39, 0.29) is 11.7 Å². The smallest absolute Gasteiger partial charge is 0.282 e. The number of rotatable bonds is 6. The van der Waals surface area contributed by atoms with Crippen LogP contribution in [0.4, 0.5) is 14.5 Å². The SMILES string of the molecule is CCC(C)Oc1cccc(NC(=O)c2cn(C)nc2C(F)F)c1C. The lowest BCUT2D eigenvalue weighted by Gasteiger charge is -2.17. The van der Waals surface area contributed by atoms with E-state index in [2.05, 4.69) is 10.4 Å². The molecule has 1 N–H and O–H groups in total. The Hall–Kier alpha value is -2.44. The second-order valence-corrected chi connectivity index (χ2v) is 5.62. The average molecular weight is 337 g/mol. The fourth-order valence-corrected chi connectivity index (χ4v) is 2.21. The molecule has 1 amide bonds. The maximum absolute atomic E-state index is 13.0. The molecule has 2 rings (SSSR count). The van der Waals surface area contributed by atoms with Gasteiger partial charge in [0.2, 0.25) is 0 Å². The fraction of sp³-hybridized carbons (Fsp3) is 0.412. The van der Waals surface area contributed by atoms with Crippen LogP contribution >= 0.6 is 0 Å². The molecule has 1 aromatic carbocycles. The van der Waals surface area contributed by atoms with Gasteiger partial charge in [-0.3, -0.25) is 9.48 Å². The molecule has 0 saturated carbocycles. The molecule has 0 radical (unpaired) electrons. The van der Waals surface area contributed by atoms with Gasteiger partial charge in [0.05, 0.1) is 11.7 Å². The van der Waals surface area contributed by atoms with E-state index in [4.69, 9.17) is 4.74 Å². The zero-order valence-corrected chi connectivity index (χ0v) is 14.1. The third-order valence-corrected chi connectivity index (χ3v) is 3.74. The summed E-state index contributed by atoms with van der Waals surface area (Å²) in [5.41, 5.74) is 0.596. The van der Waals surface area contributed by atoms with Gasteiger partial charge in [0.1, 0.15) is 11.4 Å². The van der Waals surface area contributed by atoms with Crippen molar-refractivity contribution in [1.82, 2.24) is 9.78 Å². The highest BCUT2D eigenvalue weighted by Crippen LogP contribution is 2.28. The first-order chi connectivity index (χ1) is 11.3. The first-order valence-electron chi connectivity index (χ1n) is 7.72. The van der Waals surface area contributed by atoms with Crippen LogP contribution in [0.2, 0.25) is 0 Å². The van der Waals surface area contributed by atoms with Crippen molar-refractivity contribution in [3.63, 3.8) is 0 Å². The number of ether oxygens (including phenoxy) is 1. The van der Waals surface area contributed by atoms with Crippen molar-refractivity contribution in [2.75, 3.05) is 5.32 Å². The largest absolute Gasteiger partial charge is 0.490 e. The monoisotopic (exact) mass is 337 g/mol. The van der Waals surface area contributed by atoms with E-state index < -0.39 is 18.0 Å². The van der Waals surface area contributed by atoms with E-state index in [9.17, 15) is 13.6 Å². The first-order valence-corrected chi connectivity index (χ1v) is 7.72. The molecule has 0 aliphatic rings. The number of carbonyl (C=O) groups excluding carboxylic acids is 1. The Morgan fingerprint density at radius 1 is 1.42 bits per heavy atom. The standard InChI is InChI=1S/C17H21F2N3O2/c1-5-10(2)24-14-8-6-7-13(11(14)3)20-17(23)12-9-22(4)21-15(12)16(18)19/h6-10,16H,5H2,1-4H3,(H,20,23). The molecule has 24 heavy (non-hydrogen) atoms. The molecule has 0 aliphatic carbocycles. The van der Waals surface area contributed by atoms with Crippen molar-refractivity contribution in [2.24, 2.45) is 7.05 Å². The minimum atomic E-state index is -2.81. The highest BCUT2D eigenvalue weighted by molar-refractivity contribution is 6.05. The summed E-state index contributed by atoms with van der Waals surface area (Å²) in [4.78, 5) is 12.4. The molecule has 1 heterocycles. The minimum absolute atomic E-state index is 0.0402. The number of nitrogens with zero attached hydrogens (tertiary/aromatic N) is 2. The van der Waals surface area contributed by atoms with Gasteiger partial charge in [-0.05, 0) is 32.4 Å². The van der Waals surface area contributed by atoms with Crippen LogP contribution in [0.5, 0.6) is 5.75 Å². The molecule has 1 unspecified atom stereocenters. The van der Waals surface area contributed by atoms with Crippen molar-refractivity contribution >= 4 is 11.6 Å². The maximum Gasteiger partial charge on any atom is 0.282 e. The quantitative estimate of drug-likeness (QED) is 0.863. The van der Waals surface area contributed by atoms with Gasteiger partial charge < -0.3 is 10.1 Å². The van der Waals surface area contributed by atoms with Gasteiger partial charge >= 0.3 is 0 Å². The number of aryl methyl sites for hydroxylation is 1. The van der Waals surface area contributed by atoms with Crippen LogP contribution in [-0.4, -0.2) is 21.8 Å². The van der Waals surface area contributed by atoms with Crippen LogP contribution in [0.25, 0.3) is 0 Å². The summed E-state index contributed by atoms with van der Waals surface area (Å²) in [5, 5.41) is 6.31. The molecule has 0 bridgehead atoms. The number of hydrogen-bond donors (Lipinski definition) is 1. The van der Waals surface area contributed by atoms with E-state index in [0.29, 0.717) is 11.4 Å². The predicted octanol–water partition coefficient (Wildman–Crippen LogP) is 4.10. The summed E-state index contributed by atoms with van der Waals surface area (Å²) >= 11 is 0. The number of nitrogens with one attached hydrogen (secondary N) is 1. The Kier molecular flexibility index (Phi) is 5.54. The lowest BCUT2D eigenvalue weighted by molar-refractivity contribution is 0.101. The third kappa shape index (κ3) is 3.90. The van der Waals surface area contributed by atoms with Crippen LogP contribution in [0.3, 0.4) is 0 Å². The summed E-state index contributed by atoms with van der Waals surface area (Å²) in [6, 6.07) is 5.26. The number of amides is 1. The van der Waals surface area contributed by atoms with Gasteiger partial charge in [-0.25, -0.2) is 8.78 Å². The molecule has 0 spiro atoms. The summed E-state index contributed by atoms with van der Waals surface area (Å²) < 4.78 is 33.0. The number of aromatic nitrogens is 2. The van der Waals surface area contributed by atoms with Crippen molar-refractivity contribution in [3.8, 4) is 5.75 Å². The van der Waals surface area contributed by atoms with E-state index in [1.807, 2.05) is 26.8 Å². The Balaban J connectivity index is 2.25. The predicted molar refractivity (Wildman–Crippen MR) is 87.7 cm³/mol. The van der Waals surface area contributed by atoms with E-state index in [1.54, 1.807) is 12.1 Å². The van der Waals surface area contributed by atoms with Gasteiger partial charge in [0.15, 0.2) is 0 Å². The summed E-state index contributed by atoms with van der Waals surface area (Å²) in [6.45, 7) is 5.78. The maximum atomic E-state index is 13.0. The first kappa shape index (κ1) is 17.9. The lowest BCUT2D eigenvalue weighted by Crippen LogP contribution is -2.15. The molecule has 7 heteroatoms. The molecule has 0 aliphatic heterocycles. The summed E-state index contributed by atoms with van der Waals surface area (Å²) in [6.07, 6.45) is -0.638. The molecule has 1 aromatic heterocycles. The summed E-state index contributed by atoms with van der Waals surface area (Å²) in [7, 11) is 1.49. The van der Waals surface area contributed by atoms with Gasteiger partial charge in [0, 0.05) is 24.5 Å². The lowest BCUT2D eigenvalue weighted by atomic mass is 10.1. The number of benzene rings is 1. The molecular formula is C17H21F2N3O2. The number of carbonyl (C=O) groups is 1. The van der Waals surface area contributed by atoms with Crippen LogP contribution in [-0.2, 0) is 7.05 Å². The van der Waals surface area contributed by atoms with Gasteiger partial charge in [0.25, 0.3) is 12.3 Å². The molecule has 5 nitrogen and oxygen atoms in total. The zero-order chi connectivity index (χ0) is 17.9. The van der Waals surface area contributed by atoms with Crippen molar-refractivity contribution in [1.29, 1.82) is 0 Å². The Morgan fingerprint density at radius 2 is 2.12 bits per heavy atom. The zero-order valence-electron chi connectivity index (χ0n) is 14.1. The van der Waals surface area contributed by atoms with E-state index in [1.165, 1.54) is 17.9 Å².